The van der Waals surface area contributed by atoms with Crippen molar-refractivity contribution in [2.45, 2.75) is 31.8 Å². The second kappa shape index (κ2) is 8.31. The van der Waals surface area contributed by atoms with Gasteiger partial charge in [-0.3, -0.25) is 9.59 Å². The summed E-state index contributed by atoms with van der Waals surface area (Å²) in [5.74, 6) is 1.54. The summed E-state index contributed by atoms with van der Waals surface area (Å²) in [6, 6.07) is 17.5. The van der Waals surface area contributed by atoms with Gasteiger partial charge < -0.3 is 20.1 Å². The normalized spacial score (nSPS) is 24.4. The summed E-state index contributed by atoms with van der Waals surface area (Å²) in [7, 11) is 1.76. The lowest BCUT2D eigenvalue weighted by Gasteiger charge is -2.27. The second-order valence-electron chi connectivity index (χ2n) is 9.81. The summed E-state index contributed by atoms with van der Waals surface area (Å²) in [5, 5.41) is 3.85. The number of aromatic nitrogens is 1. The minimum absolute atomic E-state index is 0.246. The maximum absolute atomic E-state index is 13.5. The topological polar surface area (TPSA) is 80.8 Å². The van der Waals surface area contributed by atoms with Crippen LogP contribution in [0.25, 0.3) is 10.9 Å². The van der Waals surface area contributed by atoms with Crippen molar-refractivity contribution in [2.24, 2.45) is 16.8 Å². The number of amidine groups is 1. The highest BCUT2D eigenvalue weighted by Crippen LogP contribution is 2.36. The fourth-order valence-electron chi connectivity index (χ4n) is 5.72. The molecule has 34 heavy (non-hydrogen) atoms. The van der Waals surface area contributed by atoms with Crippen molar-refractivity contribution in [1.29, 1.82) is 0 Å². The minimum atomic E-state index is -0.993. The van der Waals surface area contributed by atoms with E-state index in [1.807, 2.05) is 48.5 Å². The lowest BCUT2D eigenvalue weighted by Crippen LogP contribution is -2.46. The first kappa shape index (κ1) is 21.0. The van der Waals surface area contributed by atoms with Crippen molar-refractivity contribution in [3.8, 4) is 0 Å². The van der Waals surface area contributed by atoms with Crippen LogP contribution in [0.2, 0.25) is 0 Å². The Morgan fingerprint density at radius 1 is 1.00 bits per heavy atom. The average molecular weight is 456 g/mol. The standard InChI is InChI=1S/C27H29N5O2/c1-31-23-9-5-3-7-20(23)25(32-15-17-10-11-18(16-32)13-12-17)29-24(27(31)34)30-26(33)22-14-19-6-2-4-8-21(19)28-22/h2-9,14,17-18,24,28H,10-13,15-16H2,1H3,(H,30,33)/t17?,18?,24-/m0/s1. The van der Waals surface area contributed by atoms with E-state index in [1.165, 1.54) is 25.7 Å². The van der Waals surface area contributed by atoms with Crippen molar-refractivity contribution in [2.75, 3.05) is 25.0 Å². The molecule has 0 spiro atoms. The van der Waals surface area contributed by atoms with Gasteiger partial charge in [-0.15, -0.1) is 0 Å². The Hall–Kier alpha value is -3.61. The number of nitrogens with zero attached hydrogens (tertiary/aromatic N) is 3. The van der Waals surface area contributed by atoms with Crippen LogP contribution in [0.3, 0.4) is 0 Å². The van der Waals surface area contributed by atoms with E-state index in [4.69, 9.17) is 4.99 Å². The second-order valence-corrected chi connectivity index (χ2v) is 9.81. The van der Waals surface area contributed by atoms with Gasteiger partial charge in [0.2, 0.25) is 6.17 Å². The molecule has 2 aromatic carbocycles. The molecule has 2 saturated heterocycles. The monoisotopic (exact) mass is 455 g/mol. The van der Waals surface area contributed by atoms with Crippen LogP contribution in [0.1, 0.15) is 41.7 Å². The third-order valence-electron chi connectivity index (χ3n) is 7.59. The highest BCUT2D eigenvalue weighted by molar-refractivity contribution is 6.12. The molecule has 4 aliphatic rings. The molecule has 2 N–H and O–H groups in total. The predicted octanol–water partition coefficient (Wildman–Crippen LogP) is 3.77. The van der Waals surface area contributed by atoms with Gasteiger partial charge in [0, 0.05) is 36.6 Å². The van der Waals surface area contributed by atoms with Crippen LogP contribution in [0.5, 0.6) is 0 Å². The summed E-state index contributed by atoms with van der Waals surface area (Å²) < 4.78 is 0. The van der Waals surface area contributed by atoms with Crippen LogP contribution < -0.4 is 10.2 Å². The van der Waals surface area contributed by atoms with E-state index in [9.17, 15) is 9.59 Å². The van der Waals surface area contributed by atoms with E-state index in [-0.39, 0.29) is 11.8 Å². The first-order valence-electron chi connectivity index (χ1n) is 12.1. The first-order chi connectivity index (χ1) is 16.6. The average Bonchev–Trinajstić information content (AvgIpc) is 3.01. The van der Waals surface area contributed by atoms with Crippen molar-refractivity contribution >= 4 is 34.2 Å². The van der Waals surface area contributed by atoms with Gasteiger partial charge in [0.05, 0.1) is 5.69 Å². The Bertz CT molecular complexity index is 1240. The molecule has 174 valence electrons. The number of benzene rings is 2. The maximum atomic E-state index is 13.5. The number of H-pyrrole nitrogens is 1. The first-order valence-corrected chi connectivity index (χ1v) is 12.1. The largest absolute Gasteiger partial charge is 0.356 e. The molecule has 0 unspecified atom stereocenters. The molecule has 2 bridgehead atoms. The summed E-state index contributed by atoms with van der Waals surface area (Å²) in [6.07, 6.45) is 4.04. The number of benzodiazepines with no additional fused rings is 1. The molecule has 3 fully saturated rings. The highest BCUT2D eigenvalue weighted by atomic mass is 16.2. The molecule has 1 atom stereocenters. The van der Waals surface area contributed by atoms with Gasteiger partial charge in [0.15, 0.2) is 0 Å². The van der Waals surface area contributed by atoms with E-state index in [1.54, 1.807) is 18.0 Å². The van der Waals surface area contributed by atoms with E-state index in [0.717, 1.165) is 41.1 Å². The molecule has 7 rings (SSSR count). The van der Waals surface area contributed by atoms with Gasteiger partial charge in [-0.1, -0.05) is 30.3 Å². The molecule has 1 aliphatic carbocycles. The van der Waals surface area contributed by atoms with Crippen molar-refractivity contribution in [3.63, 3.8) is 0 Å². The van der Waals surface area contributed by atoms with Crippen LogP contribution in [0.15, 0.2) is 59.6 Å². The number of hydrogen-bond donors (Lipinski definition) is 2. The van der Waals surface area contributed by atoms with Crippen LogP contribution >= 0.6 is 0 Å². The van der Waals surface area contributed by atoms with Gasteiger partial charge in [0.25, 0.3) is 11.8 Å². The van der Waals surface area contributed by atoms with Gasteiger partial charge in [-0.25, -0.2) is 4.99 Å². The highest BCUT2D eigenvalue weighted by Gasteiger charge is 2.36. The van der Waals surface area contributed by atoms with Crippen LogP contribution in [0.4, 0.5) is 5.69 Å². The lowest BCUT2D eigenvalue weighted by molar-refractivity contribution is -0.119. The van der Waals surface area contributed by atoms with Gasteiger partial charge in [0.1, 0.15) is 11.5 Å². The third kappa shape index (κ3) is 3.65. The summed E-state index contributed by atoms with van der Waals surface area (Å²) in [5.41, 5.74) is 3.07. The molecular weight excluding hydrogens is 426 g/mol. The number of aliphatic imine (C=N–C) groups is 1. The van der Waals surface area contributed by atoms with Crippen LogP contribution in [-0.2, 0) is 4.79 Å². The van der Waals surface area contributed by atoms with Crippen LogP contribution in [-0.4, -0.2) is 53.8 Å². The molecule has 7 nitrogen and oxygen atoms in total. The molecule has 3 aromatic rings. The maximum Gasteiger partial charge on any atom is 0.272 e. The number of carbonyl (C=O) groups excluding carboxylic acids is 2. The number of anilines is 1. The van der Waals surface area contributed by atoms with Gasteiger partial charge >= 0.3 is 0 Å². The molecule has 1 aromatic heterocycles. The lowest BCUT2D eigenvalue weighted by atomic mass is 9.84. The number of para-hydroxylation sites is 2. The number of nitrogens with one attached hydrogen (secondary N) is 2. The molecule has 0 radical (unpaired) electrons. The smallest absolute Gasteiger partial charge is 0.272 e. The molecule has 7 heteroatoms. The van der Waals surface area contributed by atoms with E-state index in [0.29, 0.717) is 17.5 Å². The third-order valence-corrected chi connectivity index (χ3v) is 7.59. The fourth-order valence-corrected chi connectivity index (χ4v) is 5.72. The number of amides is 2. The molecule has 4 heterocycles. The van der Waals surface area contributed by atoms with Gasteiger partial charge in [-0.05, 0) is 61.8 Å². The van der Waals surface area contributed by atoms with Crippen molar-refractivity contribution in [3.05, 3.63) is 65.9 Å². The molecule has 1 saturated carbocycles. The number of carbonyl (C=O) groups is 2. The Morgan fingerprint density at radius 3 is 2.41 bits per heavy atom. The van der Waals surface area contributed by atoms with Crippen molar-refractivity contribution < 1.29 is 9.59 Å². The SMILES string of the molecule is CN1C(=O)[C@H](NC(=O)c2cc3ccccc3[nH]2)N=C(N2CC3CCC(CC3)C2)c2ccccc21. The molecule has 3 aliphatic heterocycles. The Balaban J connectivity index is 1.37. The van der Waals surface area contributed by atoms with Crippen LogP contribution in [0, 0.1) is 11.8 Å². The van der Waals surface area contributed by atoms with Crippen molar-refractivity contribution in [1.82, 2.24) is 15.2 Å². The number of fused-ring (bicyclic) bond motifs is 6. The van der Waals surface area contributed by atoms with E-state index >= 15 is 0 Å². The Kier molecular flexibility index (Phi) is 5.12. The Labute approximate surface area is 198 Å². The zero-order chi connectivity index (χ0) is 23.2. The minimum Gasteiger partial charge on any atom is -0.356 e. The zero-order valence-corrected chi connectivity index (χ0v) is 19.3. The predicted molar refractivity (Wildman–Crippen MR) is 133 cm³/mol. The zero-order valence-electron chi connectivity index (χ0n) is 19.3. The number of aromatic amines is 1. The Morgan fingerprint density at radius 2 is 1.68 bits per heavy atom. The number of hydrogen-bond acceptors (Lipinski definition) is 4. The van der Waals surface area contributed by atoms with E-state index in [2.05, 4.69) is 15.2 Å². The van der Waals surface area contributed by atoms with E-state index < -0.39 is 6.17 Å². The van der Waals surface area contributed by atoms with Gasteiger partial charge in [-0.2, -0.15) is 0 Å². The number of likely N-dealkylation sites (N-methyl/N-ethyl adjacent to an activating group) is 1. The summed E-state index contributed by atoms with van der Waals surface area (Å²) in [6.45, 7) is 1.90. The fraction of sp³-hybridized carbons (Fsp3) is 0.370. The summed E-state index contributed by atoms with van der Waals surface area (Å²) in [4.78, 5) is 38.7. The number of rotatable bonds is 2. The molecule has 2 amide bonds. The summed E-state index contributed by atoms with van der Waals surface area (Å²) >= 11 is 0. The molecular formula is C27H29N5O2. The quantitative estimate of drug-likeness (QED) is 0.617.